The number of fused-ring (bicyclic) bond motifs is 3. The molecular formula is C19H14N6. The molecular weight excluding hydrogens is 312 g/mol. The van der Waals surface area contributed by atoms with E-state index in [1.807, 2.05) is 58.9 Å². The lowest BCUT2D eigenvalue weighted by atomic mass is 10.1. The maximum absolute atomic E-state index is 4.59. The van der Waals surface area contributed by atoms with Gasteiger partial charge in [0.05, 0.1) is 11.8 Å². The molecule has 0 radical (unpaired) electrons. The van der Waals surface area contributed by atoms with Crippen molar-refractivity contribution >= 4 is 16.6 Å². The second kappa shape index (κ2) is 5.24. The molecule has 1 aromatic carbocycles. The number of aryl methyl sites for hydroxylation is 1. The lowest BCUT2D eigenvalue weighted by molar-refractivity contribution is 0.913. The summed E-state index contributed by atoms with van der Waals surface area (Å²) in [6, 6.07) is 14.3. The number of pyridine rings is 2. The number of hydrogen-bond acceptors (Lipinski definition) is 4. The Labute approximate surface area is 143 Å². The molecule has 120 valence electrons. The summed E-state index contributed by atoms with van der Waals surface area (Å²) in [6.45, 7) is 0. The van der Waals surface area contributed by atoms with Gasteiger partial charge in [-0.1, -0.05) is 30.3 Å². The van der Waals surface area contributed by atoms with Crippen LogP contribution in [0.15, 0.2) is 67.4 Å². The van der Waals surface area contributed by atoms with E-state index in [2.05, 4.69) is 38.4 Å². The number of benzene rings is 1. The molecule has 0 aliphatic heterocycles. The average molecular weight is 326 g/mol. The van der Waals surface area contributed by atoms with Crippen molar-refractivity contribution in [2.24, 2.45) is 7.05 Å². The smallest absolute Gasteiger partial charge is 0.188 e. The van der Waals surface area contributed by atoms with Crippen molar-refractivity contribution in [1.82, 2.24) is 29.1 Å². The molecule has 6 heteroatoms. The number of imidazole rings is 1. The summed E-state index contributed by atoms with van der Waals surface area (Å²) in [4.78, 5) is 8.97. The Kier molecular flexibility index (Phi) is 2.90. The zero-order chi connectivity index (χ0) is 16.8. The van der Waals surface area contributed by atoms with E-state index in [-0.39, 0.29) is 0 Å². The van der Waals surface area contributed by atoms with Gasteiger partial charge in [-0.3, -0.25) is 9.38 Å². The van der Waals surface area contributed by atoms with Gasteiger partial charge in [0, 0.05) is 36.6 Å². The molecule has 0 spiro atoms. The van der Waals surface area contributed by atoms with Crippen LogP contribution in [0.2, 0.25) is 0 Å². The molecule has 5 rings (SSSR count). The number of aromatic nitrogens is 6. The average Bonchev–Trinajstić information content (AvgIpc) is 3.28. The highest BCUT2D eigenvalue weighted by Crippen LogP contribution is 2.26. The third-order valence-electron chi connectivity index (χ3n) is 4.28. The minimum absolute atomic E-state index is 0.725. The molecule has 0 bridgehead atoms. The van der Waals surface area contributed by atoms with Gasteiger partial charge in [-0.05, 0) is 17.7 Å². The molecule has 0 aliphatic rings. The monoisotopic (exact) mass is 326 g/mol. The van der Waals surface area contributed by atoms with Gasteiger partial charge in [0.1, 0.15) is 5.69 Å². The van der Waals surface area contributed by atoms with Gasteiger partial charge < -0.3 is 4.57 Å². The third-order valence-corrected chi connectivity index (χ3v) is 4.28. The van der Waals surface area contributed by atoms with E-state index in [0.717, 1.165) is 39.2 Å². The van der Waals surface area contributed by atoms with E-state index in [1.165, 1.54) is 0 Å². The topological polar surface area (TPSA) is 60.9 Å². The Hall–Kier alpha value is -3.54. The van der Waals surface area contributed by atoms with Gasteiger partial charge in [-0.25, -0.2) is 4.98 Å². The first kappa shape index (κ1) is 13.9. The summed E-state index contributed by atoms with van der Waals surface area (Å²) in [5.74, 6) is 0.725. The second-order valence-electron chi connectivity index (χ2n) is 5.98. The van der Waals surface area contributed by atoms with Gasteiger partial charge in [0.2, 0.25) is 0 Å². The quantitative estimate of drug-likeness (QED) is 0.499. The lowest BCUT2D eigenvalue weighted by Gasteiger charge is -2.05. The molecule has 0 aliphatic carbocycles. The third kappa shape index (κ3) is 2.19. The Morgan fingerprint density at radius 1 is 0.920 bits per heavy atom. The molecule has 25 heavy (non-hydrogen) atoms. The number of rotatable bonds is 2. The van der Waals surface area contributed by atoms with Gasteiger partial charge >= 0.3 is 0 Å². The SMILES string of the molecule is Cn1cnc(-c2nnc3c4cc(-c5ccccc5)cnc4ccn23)c1. The molecule has 0 atom stereocenters. The predicted octanol–water partition coefficient (Wildman–Crippen LogP) is 3.35. The van der Waals surface area contributed by atoms with Gasteiger partial charge in [0.15, 0.2) is 11.5 Å². The van der Waals surface area contributed by atoms with Crippen LogP contribution in [0.5, 0.6) is 0 Å². The maximum atomic E-state index is 4.59. The highest BCUT2D eigenvalue weighted by Gasteiger charge is 2.13. The van der Waals surface area contributed by atoms with Crippen molar-refractivity contribution in [3.63, 3.8) is 0 Å². The van der Waals surface area contributed by atoms with E-state index in [4.69, 9.17) is 0 Å². The highest BCUT2D eigenvalue weighted by molar-refractivity contribution is 5.94. The first-order chi connectivity index (χ1) is 12.3. The lowest BCUT2D eigenvalue weighted by Crippen LogP contribution is -1.92. The van der Waals surface area contributed by atoms with Crippen LogP contribution in [-0.4, -0.2) is 29.1 Å². The zero-order valence-corrected chi connectivity index (χ0v) is 13.5. The van der Waals surface area contributed by atoms with Crippen molar-refractivity contribution in [2.75, 3.05) is 0 Å². The second-order valence-corrected chi connectivity index (χ2v) is 5.98. The van der Waals surface area contributed by atoms with Crippen LogP contribution >= 0.6 is 0 Å². The van der Waals surface area contributed by atoms with Crippen molar-refractivity contribution in [1.29, 1.82) is 0 Å². The Balaban J connectivity index is 1.75. The van der Waals surface area contributed by atoms with Crippen LogP contribution in [0.4, 0.5) is 0 Å². The summed E-state index contributed by atoms with van der Waals surface area (Å²) in [5.41, 5.74) is 4.66. The summed E-state index contributed by atoms with van der Waals surface area (Å²) >= 11 is 0. The van der Waals surface area contributed by atoms with E-state index in [1.54, 1.807) is 6.33 Å². The molecule has 5 aromatic rings. The number of hydrogen-bond donors (Lipinski definition) is 0. The van der Waals surface area contributed by atoms with Crippen molar-refractivity contribution in [2.45, 2.75) is 0 Å². The molecule has 0 amide bonds. The van der Waals surface area contributed by atoms with E-state index < -0.39 is 0 Å². The summed E-state index contributed by atoms with van der Waals surface area (Å²) in [6.07, 6.45) is 7.52. The van der Waals surface area contributed by atoms with Crippen LogP contribution in [0.1, 0.15) is 0 Å². The van der Waals surface area contributed by atoms with Crippen molar-refractivity contribution in [3.8, 4) is 22.6 Å². The fraction of sp³-hybridized carbons (Fsp3) is 0.0526. The number of nitrogens with zero attached hydrogens (tertiary/aromatic N) is 6. The van der Waals surface area contributed by atoms with E-state index in [9.17, 15) is 0 Å². The minimum Gasteiger partial charge on any atom is -0.340 e. The fourth-order valence-electron chi connectivity index (χ4n) is 3.04. The fourth-order valence-corrected chi connectivity index (χ4v) is 3.04. The molecule has 0 N–H and O–H groups in total. The molecule has 0 fully saturated rings. The highest BCUT2D eigenvalue weighted by atomic mass is 15.3. The van der Waals surface area contributed by atoms with Gasteiger partial charge in [-0.15, -0.1) is 10.2 Å². The van der Waals surface area contributed by atoms with E-state index >= 15 is 0 Å². The normalized spacial score (nSPS) is 11.4. The Morgan fingerprint density at radius 2 is 1.80 bits per heavy atom. The summed E-state index contributed by atoms with van der Waals surface area (Å²) in [7, 11) is 1.94. The minimum atomic E-state index is 0.725. The molecule has 4 heterocycles. The molecule has 6 nitrogen and oxygen atoms in total. The van der Waals surface area contributed by atoms with E-state index in [0.29, 0.717) is 0 Å². The molecule has 4 aromatic heterocycles. The standard InChI is InChI=1S/C19H14N6/c1-24-11-17(21-12-24)19-23-22-18-15-9-14(13-5-3-2-4-6-13)10-20-16(15)7-8-25(18)19/h2-12H,1H3. The summed E-state index contributed by atoms with van der Waals surface area (Å²) < 4.78 is 3.85. The first-order valence-electron chi connectivity index (χ1n) is 7.97. The first-order valence-corrected chi connectivity index (χ1v) is 7.97. The van der Waals surface area contributed by atoms with Crippen molar-refractivity contribution in [3.05, 3.63) is 67.4 Å². The molecule has 0 saturated heterocycles. The van der Waals surface area contributed by atoms with Crippen LogP contribution in [0.25, 0.3) is 39.2 Å². The largest absolute Gasteiger partial charge is 0.340 e. The Morgan fingerprint density at radius 3 is 2.60 bits per heavy atom. The maximum Gasteiger partial charge on any atom is 0.188 e. The van der Waals surface area contributed by atoms with Gasteiger partial charge in [-0.2, -0.15) is 0 Å². The summed E-state index contributed by atoms with van der Waals surface area (Å²) in [5, 5.41) is 9.70. The molecule has 0 unspecified atom stereocenters. The van der Waals surface area contributed by atoms with Crippen LogP contribution in [0, 0.1) is 0 Å². The zero-order valence-electron chi connectivity index (χ0n) is 13.5. The van der Waals surface area contributed by atoms with Gasteiger partial charge in [0.25, 0.3) is 0 Å². The predicted molar refractivity (Wildman–Crippen MR) is 95.9 cm³/mol. The van der Waals surface area contributed by atoms with Crippen LogP contribution < -0.4 is 0 Å². The van der Waals surface area contributed by atoms with Crippen molar-refractivity contribution < 1.29 is 0 Å². The molecule has 0 saturated carbocycles. The van der Waals surface area contributed by atoms with Crippen LogP contribution in [0.3, 0.4) is 0 Å². The Bertz CT molecular complexity index is 1200. The van der Waals surface area contributed by atoms with Crippen LogP contribution in [-0.2, 0) is 7.05 Å².